The van der Waals surface area contributed by atoms with Crippen LogP contribution in [0.3, 0.4) is 0 Å². The van der Waals surface area contributed by atoms with Crippen LogP contribution in [0.2, 0.25) is 0 Å². The first kappa shape index (κ1) is 31.8. The summed E-state index contributed by atoms with van der Waals surface area (Å²) < 4.78 is 29.7. The minimum Gasteiger partial charge on any atom is -0.394 e. The maximum Gasteiger partial charge on any atom is 0.695 e. The molecule has 1 fully saturated rings. The first-order valence-electron chi connectivity index (χ1n) is 14.0. The molecule has 3 N–H and O–H groups in total. The molecule has 0 aromatic carbocycles. The Bertz CT molecular complexity index is 826. The molecule has 2 rings (SSSR count). The Morgan fingerprint density at radius 1 is 1.00 bits per heavy atom. The fourth-order valence-corrected chi connectivity index (χ4v) is 5.21. The van der Waals surface area contributed by atoms with E-state index in [9.17, 15) is 19.4 Å². The lowest BCUT2D eigenvalue weighted by molar-refractivity contribution is -0.0743. The van der Waals surface area contributed by atoms with E-state index in [-0.39, 0.29) is 0 Å². The van der Waals surface area contributed by atoms with Crippen LogP contribution >= 0.6 is 8.25 Å². The van der Waals surface area contributed by atoms with Gasteiger partial charge in [0.15, 0.2) is 12.3 Å². The molecule has 1 saturated heterocycles. The van der Waals surface area contributed by atoms with Gasteiger partial charge in [-0.1, -0.05) is 90.4 Å². The lowest BCUT2D eigenvalue weighted by atomic mass is 10.0. The van der Waals surface area contributed by atoms with Crippen molar-refractivity contribution >= 4 is 14.1 Å². The molecule has 0 bridgehead atoms. The highest BCUT2D eigenvalue weighted by molar-refractivity contribution is 7.32. The van der Waals surface area contributed by atoms with Gasteiger partial charge in [-0.15, -0.1) is 9.42 Å². The summed E-state index contributed by atoms with van der Waals surface area (Å²) in [6.07, 6.45) is 15.4. The van der Waals surface area contributed by atoms with Crippen LogP contribution in [0.1, 0.15) is 103 Å². The Hall–Kier alpha value is -1.42. The quantitative estimate of drug-likeness (QED) is 0.143. The minimum absolute atomic E-state index is 0.388. The third-order valence-corrected chi connectivity index (χ3v) is 7.27. The Morgan fingerprint density at radius 2 is 1.57 bits per heavy atom. The molecule has 1 aromatic rings. The molecule has 10 nitrogen and oxygen atoms in total. The molecule has 11 heteroatoms. The molecule has 0 amide bonds. The summed E-state index contributed by atoms with van der Waals surface area (Å²) in [6, 6.07) is 1.62. The van der Waals surface area contributed by atoms with Crippen LogP contribution in [0.15, 0.2) is 17.1 Å². The molecule has 0 radical (unpaired) electrons. The highest BCUT2D eigenvalue weighted by Crippen LogP contribution is 2.37. The summed E-state index contributed by atoms with van der Waals surface area (Å²) in [7, 11) is -1.29. The van der Waals surface area contributed by atoms with Gasteiger partial charge in [-0.05, 0) is 12.5 Å². The Kier molecular flexibility index (Phi) is 16.1. The van der Waals surface area contributed by atoms with E-state index in [0.717, 1.165) is 19.3 Å². The SMILES string of the molecule is CCCCCCCCCCCCCCCCOC1C(O[P+](=O)O)[C@@H](CO)O[C@H]1n1ccc(NC)nc1=O. The lowest BCUT2D eigenvalue weighted by Crippen LogP contribution is -2.39. The van der Waals surface area contributed by atoms with Gasteiger partial charge in [0.05, 0.1) is 6.61 Å². The largest absolute Gasteiger partial charge is 0.695 e. The monoisotopic (exact) mass is 544 g/mol. The average molecular weight is 545 g/mol. The number of nitrogens with zero attached hydrogens (tertiary/aromatic N) is 2. The highest BCUT2D eigenvalue weighted by Gasteiger charge is 2.51. The van der Waals surface area contributed by atoms with Crippen LogP contribution < -0.4 is 11.0 Å². The van der Waals surface area contributed by atoms with Crippen molar-refractivity contribution in [2.75, 3.05) is 25.6 Å². The summed E-state index contributed by atoms with van der Waals surface area (Å²) in [6.45, 7) is 2.20. The zero-order chi connectivity index (χ0) is 26.9. The molecule has 2 heterocycles. The fraction of sp³-hybridized carbons (Fsp3) is 0.846. The number of unbranched alkanes of at least 4 members (excludes halogenated alkanes) is 13. The van der Waals surface area contributed by atoms with E-state index in [1.54, 1.807) is 13.1 Å². The Balaban J connectivity index is 1.73. The molecule has 0 saturated carbocycles. The number of nitrogens with one attached hydrogen (secondary N) is 1. The molecule has 37 heavy (non-hydrogen) atoms. The van der Waals surface area contributed by atoms with Gasteiger partial charge in [0, 0.05) is 24.4 Å². The van der Waals surface area contributed by atoms with Gasteiger partial charge in [0.25, 0.3) is 0 Å². The Morgan fingerprint density at radius 3 is 2.05 bits per heavy atom. The van der Waals surface area contributed by atoms with E-state index >= 15 is 0 Å². The number of hydrogen-bond donors (Lipinski definition) is 3. The molecule has 1 aliphatic heterocycles. The number of hydrogen-bond acceptors (Lipinski definition) is 8. The van der Waals surface area contributed by atoms with E-state index in [0.29, 0.717) is 12.4 Å². The molecular formula is C26H47N3O7P+. The van der Waals surface area contributed by atoms with E-state index in [4.69, 9.17) is 14.0 Å². The van der Waals surface area contributed by atoms with Gasteiger partial charge in [-0.25, -0.2) is 4.79 Å². The van der Waals surface area contributed by atoms with Crippen LogP contribution in [0.25, 0.3) is 0 Å². The van der Waals surface area contributed by atoms with Crippen molar-refractivity contribution in [2.45, 2.75) is 121 Å². The third kappa shape index (κ3) is 11.5. The molecule has 1 aromatic heterocycles. The first-order chi connectivity index (χ1) is 18.0. The summed E-state index contributed by atoms with van der Waals surface area (Å²) in [5.74, 6) is 0.407. The number of aliphatic hydroxyl groups excluding tert-OH is 1. The average Bonchev–Trinajstić information content (AvgIpc) is 3.22. The normalized spacial score (nSPS) is 21.9. The molecule has 212 valence electrons. The predicted octanol–water partition coefficient (Wildman–Crippen LogP) is 5.08. The van der Waals surface area contributed by atoms with E-state index in [2.05, 4.69) is 17.2 Å². The predicted molar refractivity (Wildman–Crippen MR) is 144 cm³/mol. The smallest absolute Gasteiger partial charge is 0.394 e. The van der Waals surface area contributed by atoms with Crippen LogP contribution in [0.4, 0.5) is 5.82 Å². The molecular weight excluding hydrogens is 497 g/mol. The Labute approximate surface area is 222 Å². The topological polar surface area (TPSA) is 132 Å². The van der Waals surface area contributed by atoms with Crippen molar-refractivity contribution < 1.29 is 28.6 Å². The second-order valence-electron chi connectivity index (χ2n) is 9.74. The summed E-state index contributed by atoms with van der Waals surface area (Å²) in [5, 5.41) is 12.5. The molecule has 1 aliphatic rings. The molecule has 3 unspecified atom stereocenters. The van der Waals surface area contributed by atoms with E-state index in [1.165, 1.54) is 81.4 Å². The third-order valence-electron chi connectivity index (χ3n) is 6.85. The number of rotatable bonds is 21. The van der Waals surface area contributed by atoms with Gasteiger partial charge < -0.3 is 19.9 Å². The number of aromatic nitrogens is 2. The van der Waals surface area contributed by atoms with Gasteiger partial charge in [-0.2, -0.15) is 4.98 Å². The standard InChI is InChI=1S/C26H46N3O7P/c1-3-4-5-6-7-8-9-10-11-12-13-14-15-16-19-34-24-23(36-37(32)33)21(20-30)35-25(24)29-18-17-22(27-2)28-26(29)31/h17-18,21,23-25,30H,3-16,19-20H2,1-2H3,(H-,27,28,31,32,33)/p+1/t21-,23?,24?,25-/m1/s1. The van der Waals surface area contributed by atoms with Crippen LogP contribution in [-0.2, 0) is 18.6 Å². The second kappa shape index (κ2) is 18.8. The molecule has 0 spiro atoms. The van der Waals surface area contributed by atoms with Crippen molar-refractivity contribution in [3.8, 4) is 0 Å². The maximum atomic E-state index is 12.5. The van der Waals surface area contributed by atoms with Gasteiger partial charge in [0.1, 0.15) is 18.0 Å². The van der Waals surface area contributed by atoms with Crippen molar-refractivity contribution in [3.63, 3.8) is 0 Å². The first-order valence-corrected chi connectivity index (χ1v) is 15.1. The van der Waals surface area contributed by atoms with Crippen molar-refractivity contribution in [2.24, 2.45) is 0 Å². The van der Waals surface area contributed by atoms with Crippen molar-refractivity contribution in [1.29, 1.82) is 0 Å². The van der Waals surface area contributed by atoms with Crippen LogP contribution in [-0.4, -0.2) is 58.1 Å². The lowest BCUT2D eigenvalue weighted by Gasteiger charge is -2.22. The number of ether oxygens (including phenoxy) is 2. The van der Waals surface area contributed by atoms with Crippen LogP contribution in [0, 0.1) is 0 Å². The molecule has 0 aliphatic carbocycles. The van der Waals surface area contributed by atoms with E-state index < -0.39 is 45.1 Å². The highest BCUT2D eigenvalue weighted by atomic mass is 31.1. The second-order valence-corrected chi connectivity index (χ2v) is 10.4. The summed E-state index contributed by atoms with van der Waals surface area (Å²) in [5.41, 5.74) is -0.562. The van der Waals surface area contributed by atoms with Crippen molar-refractivity contribution in [1.82, 2.24) is 9.55 Å². The van der Waals surface area contributed by atoms with Gasteiger partial charge in [0.2, 0.25) is 0 Å². The van der Waals surface area contributed by atoms with Gasteiger partial charge >= 0.3 is 13.9 Å². The van der Waals surface area contributed by atoms with Crippen LogP contribution in [0.5, 0.6) is 0 Å². The zero-order valence-corrected chi connectivity index (χ0v) is 23.4. The number of aliphatic hydroxyl groups is 1. The summed E-state index contributed by atoms with van der Waals surface area (Å²) in [4.78, 5) is 25.8. The van der Waals surface area contributed by atoms with Gasteiger partial charge in [-0.3, -0.25) is 4.57 Å². The zero-order valence-electron chi connectivity index (χ0n) is 22.6. The van der Waals surface area contributed by atoms with Crippen molar-refractivity contribution in [3.05, 3.63) is 22.7 Å². The fourth-order valence-electron chi connectivity index (χ4n) is 4.75. The number of anilines is 1. The molecule has 5 atom stereocenters. The maximum absolute atomic E-state index is 12.5. The van der Waals surface area contributed by atoms with E-state index in [1.807, 2.05) is 0 Å². The summed E-state index contributed by atoms with van der Waals surface area (Å²) >= 11 is 0. The minimum atomic E-state index is -2.95.